The summed E-state index contributed by atoms with van der Waals surface area (Å²) in [5.74, 6) is -0.00246. The molecule has 3 N–H and O–H groups in total. The highest BCUT2D eigenvalue weighted by Gasteiger charge is 2.04. The molecule has 0 heterocycles. The molecule has 16 heavy (non-hydrogen) atoms. The average molecular weight is 221 g/mol. The fourth-order valence-electron chi connectivity index (χ4n) is 1.42. The average Bonchev–Trinajstić information content (AvgIpc) is 2.16. The van der Waals surface area contributed by atoms with Crippen LogP contribution in [-0.2, 0) is 0 Å². The van der Waals surface area contributed by atoms with Crippen LogP contribution in [0, 0.1) is 0 Å². The number of nitrogens with one attached hydrogen (secondary N) is 1. The molecule has 0 bridgehead atoms. The molecule has 0 aromatic heterocycles. The van der Waals surface area contributed by atoms with E-state index in [9.17, 15) is 4.79 Å². The van der Waals surface area contributed by atoms with Crippen molar-refractivity contribution >= 4 is 17.2 Å². The van der Waals surface area contributed by atoms with Crippen molar-refractivity contribution in [3.05, 3.63) is 23.8 Å². The molecule has 1 aromatic rings. The second-order valence-corrected chi connectivity index (χ2v) is 4.09. The highest BCUT2D eigenvalue weighted by Crippen LogP contribution is 2.18. The van der Waals surface area contributed by atoms with Gasteiger partial charge in [-0.05, 0) is 39.2 Å². The van der Waals surface area contributed by atoms with Crippen LogP contribution in [0.1, 0.15) is 17.3 Å². The normalized spacial score (nSPS) is 10.5. The number of nitrogens with zero attached hydrogens (tertiary/aromatic N) is 1. The Labute approximate surface area is 96.4 Å². The number of Topliss-reactive ketones (excluding diaryl/α,β-unsaturated/α-hetero) is 1. The maximum atomic E-state index is 11.2. The second-order valence-electron chi connectivity index (χ2n) is 4.09. The highest BCUT2D eigenvalue weighted by molar-refractivity contribution is 5.99. The van der Waals surface area contributed by atoms with Gasteiger partial charge in [-0.2, -0.15) is 0 Å². The first kappa shape index (κ1) is 12.5. The molecule has 0 aliphatic carbocycles. The zero-order valence-corrected chi connectivity index (χ0v) is 10.1. The van der Waals surface area contributed by atoms with Crippen LogP contribution in [0.5, 0.6) is 0 Å². The number of rotatable bonds is 5. The number of carbonyl (C=O) groups excluding carboxylic acids is 1. The van der Waals surface area contributed by atoms with Gasteiger partial charge in [0.2, 0.25) is 0 Å². The Hall–Kier alpha value is -1.55. The molecule has 0 saturated heterocycles. The number of nitrogens with two attached hydrogens (primary N) is 1. The van der Waals surface area contributed by atoms with Gasteiger partial charge in [0.05, 0.1) is 0 Å². The molecule has 1 rings (SSSR count). The van der Waals surface area contributed by atoms with Gasteiger partial charge in [-0.25, -0.2) is 0 Å². The van der Waals surface area contributed by atoms with Gasteiger partial charge in [0, 0.05) is 30.0 Å². The third-order valence-electron chi connectivity index (χ3n) is 2.32. The summed E-state index contributed by atoms with van der Waals surface area (Å²) in [5, 5.41) is 3.25. The number of hydrogen-bond donors (Lipinski definition) is 2. The van der Waals surface area contributed by atoms with Crippen molar-refractivity contribution in [2.75, 3.05) is 38.2 Å². The first-order valence-electron chi connectivity index (χ1n) is 5.30. The maximum Gasteiger partial charge on any atom is 0.161 e. The Bertz CT molecular complexity index is 375. The van der Waals surface area contributed by atoms with Crippen LogP contribution in [0.3, 0.4) is 0 Å². The molecule has 1 aromatic carbocycles. The predicted molar refractivity (Wildman–Crippen MR) is 67.9 cm³/mol. The molecule has 4 heteroatoms. The Kier molecular flexibility index (Phi) is 4.31. The number of ketones is 1. The number of carbonyl (C=O) groups is 1. The topological polar surface area (TPSA) is 58.4 Å². The van der Waals surface area contributed by atoms with Gasteiger partial charge in [-0.3, -0.25) is 4.79 Å². The van der Waals surface area contributed by atoms with E-state index in [2.05, 4.69) is 10.2 Å². The number of hydrogen-bond acceptors (Lipinski definition) is 4. The molecule has 0 amide bonds. The third kappa shape index (κ3) is 3.55. The van der Waals surface area contributed by atoms with Gasteiger partial charge in [0.1, 0.15) is 0 Å². The lowest BCUT2D eigenvalue weighted by Crippen LogP contribution is -2.20. The second kappa shape index (κ2) is 5.51. The van der Waals surface area contributed by atoms with Crippen molar-refractivity contribution in [3.63, 3.8) is 0 Å². The van der Waals surface area contributed by atoms with E-state index in [4.69, 9.17) is 5.73 Å². The van der Waals surface area contributed by atoms with Gasteiger partial charge in [-0.15, -0.1) is 0 Å². The lowest BCUT2D eigenvalue weighted by molar-refractivity contribution is 0.101. The Morgan fingerprint density at radius 3 is 2.62 bits per heavy atom. The number of likely N-dealkylation sites (N-methyl/N-ethyl adjacent to an activating group) is 1. The fraction of sp³-hybridized carbons (Fsp3) is 0.417. The van der Waals surface area contributed by atoms with E-state index >= 15 is 0 Å². The summed E-state index contributed by atoms with van der Waals surface area (Å²) in [6, 6.07) is 5.44. The van der Waals surface area contributed by atoms with Crippen LogP contribution in [-0.4, -0.2) is 37.9 Å². The Morgan fingerprint density at radius 1 is 1.44 bits per heavy atom. The van der Waals surface area contributed by atoms with Crippen LogP contribution in [0.4, 0.5) is 11.4 Å². The van der Waals surface area contributed by atoms with E-state index in [0.29, 0.717) is 11.3 Å². The smallest absolute Gasteiger partial charge is 0.161 e. The molecule has 0 aliphatic rings. The molecule has 0 aliphatic heterocycles. The highest BCUT2D eigenvalue weighted by atomic mass is 16.1. The van der Waals surface area contributed by atoms with Crippen LogP contribution < -0.4 is 11.1 Å². The number of benzene rings is 1. The molecule has 0 unspecified atom stereocenters. The maximum absolute atomic E-state index is 11.2. The van der Waals surface area contributed by atoms with Crippen molar-refractivity contribution in [2.45, 2.75) is 6.92 Å². The van der Waals surface area contributed by atoms with Crippen molar-refractivity contribution in [1.82, 2.24) is 4.90 Å². The van der Waals surface area contributed by atoms with Gasteiger partial charge in [-0.1, -0.05) is 0 Å². The Morgan fingerprint density at radius 2 is 2.12 bits per heavy atom. The molecule has 0 spiro atoms. The standard InChI is InChI=1S/C12H19N3O/c1-9(16)11-5-4-10(8-12(11)13)14-6-7-15(2)3/h4-5,8,14H,6-7,13H2,1-3H3. The van der Waals surface area contributed by atoms with Crippen LogP contribution in [0.2, 0.25) is 0 Å². The molecule has 88 valence electrons. The molecule has 4 nitrogen and oxygen atoms in total. The monoisotopic (exact) mass is 221 g/mol. The minimum atomic E-state index is -0.00246. The summed E-state index contributed by atoms with van der Waals surface area (Å²) in [6.45, 7) is 3.32. The van der Waals surface area contributed by atoms with E-state index in [1.807, 2.05) is 20.2 Å². The molecule has 0 saturated carbocycles. The van der Waals surface area contributed by atoms with Crippen molar-refractivity contribution < 1.29 is 4.79 Å². The zero-order valence-electron chi connectivity index (χ0n) is 10.1. The van der Waals surface area contributed by atoms with E-state index in [-0.39, 0.29) is 5.78 Å². The predicted octanol–water partition coefficient (Wildman–Crippen LogP) is 1.44. The Balaban J connectivity index is 2.63. The van der Waals surface area contributed by atoms with Crippen LogP contribution >= 0.6 is 0 Å². The van der Waals surface area contributed by atoms with Gasteiger partial charge in [0.15, 0.2) is 5.78 Å². The lowest BCUT2D eigenvalue weighted by Gasteiger charge is -2.12. The molecule has 0 fully saturated rings. The number of nitrogen functional groups attached to an aromatic ring is 1. The summed E-state index contributed by atoms with van der Waals surface area (Å²) in [7, 11) is 4.05. The summed E-state index contributed by atoms with van der Waals surface area (Å²) < 4.78 is 0. The largest absolute Gasteiger partial charge is 0.398 e. The quantitative estimate of drug-likeness (QED) is 0.583. The van der Waals surface area contributed by atoms with Crippen molar-refractivity contribution in [1.29, 1.82) is 0 Å². The SMILES string of the molecule is CC(=O)c1ccc(NCCN(C)C)cc1N. The fourth-order valence-corrected chi connectivity index (χ4v) is 1.42. The van der Waals surface area contributed by atoms with Crippen LogP contribution in [0.15, 0.2) is 18.2 Å². The molecular formula is C12H19N3O. The summed E-state index contributed by atoms with van der Waals surface area (Å²) in [6.07, 6.45) is 0. The van der Waals surface area contributed by atoms with Gasteiger partial charge >= 0.3 is 0 Å². The lowest BCUT2D eigenvalue weighted by atomic mass is 10.1. The van der Waals surface area contributed by atoms with E-state index < -0.39 is 0 Å². The molecular weight excluding hydrogens is 202 g/mol. The van der Waals surface area contributed by atoms with E-state index in [0.717, 1.165) is 18.8 Å². The minimum absolute atomic E-state index is 0.00246. The first-order chi connectivity index (χ1) is 7.50. The van der Waals surface area contributed by atoms with Crippen LogP contribution in [0.25, 0.3) is 0 Å². The van der Waals surface area contributed by atoms with Crippen molar-refractivity contribution in [3.8, 4) is 0 Å². The van der Waals surface area contributed by atoms with Gasteiger partial charge < -0.3 is 16.0 Å². The summed E-state index contributed by atoms with van der Waals surface area (Å²) in [4.78, 5) is 13.3. The zero-order chi connectivity index (χ0) is 12.1. The van der Waals surface area contributed by atoms with E-state index in [1.54, 1.807) is 12.1 Å². The van der Waals surface area contributed by atoms with Gasteiger partial charge in [0.25, 0.3) is 0 Å². The summed E-state index contributed by atoms with van der Waals surface area (Å²) in [5.41, 5.74) is 7.84. The molecule has 0 atom stereocenters. The van der Waals surface area contributed by atoms with Crippen molar-refractivity contribution in [2.24, 2.45) is 0 Å². The first-order valence-corrected chi connectivity index (χ1v) is 5.30. The number of anilines is 2. The third-order valence-corrected chi connectivity index (χ3v) is 2.32. The minimum Gasteiger partial charge on any atom is -0.398 e. The molecule has 0 radical (unpaired) electrons. The summed E-state index contributed by atoms with van der Waals surface area (Å²) >= 11 is 0. The van der Waals surface area contributed by atoms with E-state index in [1.165, 1.54) is 6.92 Å².